The molecule has 0 atom stereocenters. The Balaban J connectivity index is 1.66. The number of para-hydroxylation sites is 1. The lowest BCUT2D eigenvalue weighted by molar-refractivity contribution is 0.0803. The highest BCUT2D eigenvalue weighted by Gasteiger charge is 2.27. The molecule has 0 aromatic heterocycles. The molecule has 158 valence electrons. The fourth-order valence-electron chi connectivity index (χ4n) is 3.09. The van der Waals surface area contributed by atoms with Gasteiger partial charge in [0, 0.05) is 15.5 Å². The molecule has 0 heterocycles. The first kappa shape index (κ1) is 22.6. The van der Waals surface area contributed by atoms with Crippen LogP contribution in [-0.4, -0.2) is 13.5 Å². The number of benzene rings is 3. The Hall–Kier alpha value is -2.08. The van der Waals surface area contributed by atoms with Crippen molar-refractivity contribution in [2.45, 2.75) is 25.9 Å². The van der Waals surface area contributed by atoms with Gasteiger partial charge in [-0.2, -0.15) is 0 Å². The molecule has 0 bridgehead atoms. The van der Waals surface area contributed by atoms with Gasteiger partial charge in [0.25, 0.3) is 0 Å². The molecule has 0 N–H and O–H groups in total. The monoisotopic (exact) mass is 492 g/mol. The molecule has 0 aliphatic heterocycles. The van der Waals surface area contributed by atoms with Gasteiger partial charge in [-0.15, -0.1) is 0 Å². The van der Waals surface area contributed by atoms with E-state index in [-0.39, 0.29) is 0 Å². The highest BCUT2D eigenvalue weighted by atomic mass is 79.9. The summed E-state index contributed by atoms with van der Waals surface area (Å²) in [5, 5.41) is 0.351. The van der Waals surface area contributed by atoms with E-state index in [4.69, 9.17) is 25.8 Å². The van der Waals surface area contributed by atoms with Crippen molar-refractivity contribution in [3.05, 3.63) is 87.4 Å². The lowest BCUT2D eigenvalue weighted by Gasteiger charge is -2.28. The minimum absolute atomic E-state index is 0.334. The van der Waals surface area contributed by atoms with Crippen LogP contribution >= 0.6 is 27.5 Å². The van der Waals surface area contributed by atoms with Gasteiger partial charge < -0.3 is 14.2 Å². The maximum absolute atomic E-state index is 12.9. The standard InChI is InChI=1S/C24H23BrClFO3/c1-24(2,20-11-12-21(25)22(26)23(20)29-16-27)15-28-14-17-7-6-10-19(13-17)30-18-8-4-3-5-9-18/h3-13H,14-16H2,1-2H3. The van der Waals surface area contributed by atoms with E-state index in [1.807, 2.05) is 80.6 Å². The zero-order chi connectivity index (χ0) is 21.6. The summed E-state index contributed by atoms with van der Waals surface area (Å²) in [5.74, 6) is 1.87. The van der Waals surface area contributed by atoms with Crippen LogP contribution in [0.1, 0.15) is 25.0 Å². The topological polar surface area (TPSA) is 27.7 Å². The summed E-state index contributed by atoms with van der Waals surface area (Å²) in [6.07, 6.45) is 0. The highest BCUT2D eigenvalue weighted by Crippen LogP contribution is 2.41. The van der Waals surface area contributed by atoms with E-state index < -0.39 is 12.3 Å². The number of alkyl halides is 1. The second-order valence-corrected chi connectivity index (χ2v) is 8.66. The fraction of sp³-hybridized carbons (Fsp3) is 0.250. The summed E-state index contributed by atoms with van der Waals surface area (Å²) in [5.41, 5.74) is 1.34. The van der Waals surface area contributed by atoms with Gasteiger partial charge in [-0.3, -0.25) is 0 Å². The zero-order valence-corrected chi connectivity index (χ0v) is 19.2. The number of hydrogen-bond acceptors (Lipinski definition) is 3. The second kappa shape index (κ2) is 10.3. The van der Waals surface area contributed by atoms with Crippen LogP contribution in [0.25, 0.3) is 0 Å². The van der Waals surface area contributed by atoms with Crippen molar-refractivity contribution in [1.82, 2.24) is 0 Å². The molecule has 3 nitrogen and oxygen atoms in total. The van der Waals surface area contributed by atoms with E-state index in [0.717, 1.165) is 22.6 Å². The van der Waals surface area contributed by atoms with E-state index in [0.29, 0.717) is 28.5 Å². The summed E-state index contributed by atoms with van der Waals surface area (Å²) in [6, 6.07) is 21.1. The Kier molecular flexibility index (Phi) is 7.75. The van der Waals surface area contributed by atoms with Crippen LogP contribution in [0.3, 0.4) is 0 Å². The maximum atomic E-state index is 12.9. The molecule has 3 aromatic rings. The van der Waals surface area contributed by atoms with Gasteiger partial charge in [0.1, 0.15) is 17.2 Å². The molecule has 0 saturated heterocycles. The first-order chi connectivity index (χ1) is 14.4. The molecule has 0 aliphatic rings. The number of rotatable bonds is 9. The largest absolute Gasteiger partial charge is 0.461 e. The molecule has 0 unspecified atom stereocenters. The number of halogens is 3. The van der Waals surface area contributed by atoms with Crippen LogP contribution in [0.5, 0.6) is 17.2 Å². The maximum Gasteiger partial charge on any atom is 0.228 e. The van der Waals surface area contributed by atoms with Crippen LogP contribution in [0.4, 0.5) is 4.39 Å². The normalized spacial score (nSPS) is 11.4. The van der Waals surface area contributed by atoms with Crippen molar-refractivity contribution >= 4 is 27.5 Å². The summed E-state index contributed by atoms with van der Waals surface area (Å²) in [7, 11) is 0. The molecular weight excluding hydrogens is 471 g/mol. The quantitative estimate of drug-likeness (QED) is 0.306. The van der Waals surface area contributed by atoms with Crippen LogP contribution < -0.4 is 9.47 Å². The predicted molar refractivity (Wildman–Crippen MR) is 121 cm³/mol. The second-order valence-electron chi connectivity index (χ2n) is 7.43. The predicted octanol–water partition coefficient (Wildman–Crippen LogP) is 7.70. The van der Waals surface area contributed by atoms with Gasteiger partial charge in [-0.05, 0) is 51.8 Å². The van der Waals surface area contributed by atoms with Crippen molar-refractivity contribution in [3.63, 3.8) is 0 Å². The van der Waals surface area contributed by atoms with Gasteiger partial charge in [0.2, 0.25) is 6.86 Å². The lowest BCUT2D eigenvalue weighted by atomic mass is 9.85. The van der Waals surface area contributed by atoms with Crippen molar-refractivity contribution in [2.75, 3.05) is 13.5 Å². The SMILES string of the molecule is CC(C)(COCc1cccc(Oc2ccccc2)c1)c1ccc(Br)c(Cl)c1OCF. The molecule has 0 fully saturated rings. The molecule has 0 spiro atoms. The van der Waals surface area contributed by atoms with E-state index in [2.05, 4.69) is 15.9 Å². The highest BCUT2D eigenvalue weighted by molar-refractivity contribution is 9.10. The molecule has 30 heavy (non-hydrogen) atoms. The Morgan fingerprint density at radius 3 is 2.43 bits per heavy atom. The van der Waals surface area contributed by atoms with Crippen molar-refractivity contribution < 1.29 is 18.6 Å². The van der Waals surface area contributed by atoms with Crippen LogP contribution in [0.15, 0.2) is 71.2 Å². The minimum Gasteiger partial charge on any atom is -0.461 e. The van der Waals surface area contributed by atoms with Crippen molar-refractivity contribution in [2.24, 2.45) is 0 Å². The van der Waals surface area contributed by atoms with Crippen molar-refractivity contribution in [3.8, 4) is 17.2 Å². The van der Waals surface area contributed by atoms with Crippen LogP contribution in [0.2, 0.25) is 5.02 Å². The van der Waals surface area contributed by atoms with Gasteiger partial charge in [0.15, 0.2) is 0 Å². The Labute approximate surface area is 189 Å². The fourth-order valence-corrected chi connectivity index (χ4v) is 3.62. The average molecular weight is 494 g/mol. The Bertz CT molecular complexity index is 979. The van der Waals surface area contributed by atoms with E-state index in [1.54, 1.807) is 0 Å². The molecule has 0 saturated carbocycles. The summed E-state index contributed by atoms with van der Waals surface area (Å²) in [6.45, 7) is 3.88. The first-order valence-electron chi connectivity index (χ1n) is 9.47. The summed E-state index contributed by atoms with van der Waals surface area (Å²) in [4.78, 5) is 0. The molecular formula is C24H23BrClFO3. The smallest absolute Gasteiger partial charge is 0.228 e. The molecule has 0 aliphatic carbocycles. The number of ether oxygens (including phenoxy) is 3. The van der Waals surface area contributed by atoms with Gasteiger partial charge in [-0.25, -0.2) is 4.39 Å². The molecule has 3 rings (SSSR count). The molecule has 0 radical (unpaired) electrons. The van der Waals surface area contributed by atoms with E-state index >= 15 is 0 Å². The van der Waals surface area contributed by atoms with Crippen LogP contribution in [-0.2, 0) is 16.8 Å². The Morgan fingerprint density at radius 2 is 1.70 bits per heavy atom. The third kappa shape index (κ3) is 5.75. The Morgan fingerprint density at radius 1 is 0.967 bits per heavy atom. The number of hydrogen-bond donors (Lipinski definition) is 0. The third-order valence-corrected chi connectivity index (χ3v) is 5.85. The van der Waals surface area contributed by atoms with Gasteiger partial charge in [-0.1, -0.05) is 61.8 Å². The van der Waals surface area contributed by atoms with E-state index in [1.165, 1.54) is 0 Å². The first-order valence-corrected chi connectivity index (χ1v) is 10.6. The van der Waals surface area contributed by atoms with Crippen LogP contribution in [0, 0.1) is 0 Å². The van der Waals surface area contributed by atoms with Gasteiger partial charge >= 0.3 is 0 Å². The lowest BCUT2D eigenvalue weighted by Crippen LogP contribution is -2.25. The molecule has 3 aromatic carbocycles. The average Bonchev–Trinajstić information content (AvgIpc) is 2.72. The zero-order valence-electron chi connectivity index (χ0n) is 16.8. The molecule has 0 amide bonds. The third-order valence-electron chi connectivity index (χ3n) is 4.59. The summed E-state index contributed by atoms with van der Waals surface area (Å²) >= 11 is 9.66. The van der Waals surface area contributed by atoms with Crippen molar-refractivity contribution in [1.29, 1.82) is 0 Å². The van der Waals surface area contributed by atoms with Gasteiger partial charge in [0.05, 0.1) is 18.2 Å². The van der Waals surface area contributed by atoms with E-state index in [9.17, 15) is 4.39 Å². The molecule has 6 heteroatoms. The summed E-state index contributed by atoms with van der Waals surface area (Å²) < 4.78 is 30.6. The minimum atomic E-state index is -0.950.